The zero-order chi connectivity index (χ0) is 18.9. The van der Waals surface area contributed by atoms with Gasteiger partial charge in [-0.05, 0) is 51.6 Å². The predicted octanol–water partition coefficient (Wildman–Crippen LogP) is 7.56. The Bertz CT molecular complexity index is 1380. The molecule has 0 saturated carbocycles. The van der Waals surface area contributed by atoms with Crippen LogP contribution in [0, 0.1) is 0 Å². The molecule has 1 heteroatoms. The minimum atomic E-state index is -0.0179. The normalized spacial score (nSPS) is 14.4. The second-order valence-electron chi connectivity index (χ2n) is 8.21. The van der Waals surface area contributed by atoms with E-state index in [4.69, 9.17) is 4.42 Å². The van der Waals surface area contributed by atoms with Gasteiger partial charge in [-0.2, -0.15) is 0 Å². The van der Waals surface area contributed by atoms with Crippen molar-refractivity contribution in [3.63, 3.8) is 0 Å². The van der Waals surface area contributed by atoms with E-state index in [0.717, 1.165) is 11.2 Å². The van der Waals surface area contributed by atoms with Crippen LogP contribution in [0.1, 0.15) is 25.0 Å². The summed E-state index contributed by atoms with van der Waals surface area (Å²) in [6.07, 6.45) is 0. The molecule has 1 nitrogen and oxygen atoms in total. The van der Waals surface area contributed by atoms with Gasteiger partial charge in [-0.3, -0.25) is 0 Å². The lowest BCUT2D eigenvalue weighted by atomic mass is 9.79. The molecule has 0 saturated heterocycles. The topological polar surface area (TPSA) is 13.1 Å². The Balaban J connectivity index is 1.65. The fourth-order valence-electron chi connectivity index (χ4n) is 4.98. The Morgan fingerprint density at radius 1 is 0.607 bits per heavy atom. The van der Waals surface area contributed by atoms with Gasteiger partial charge in [0, 0.05) is 16.2 Å². The van der Waals surface area contributed by atoms with Gasteiger partial charge in [-0.25, -0.2) is 0 Å². The summed E-state index contributed by atoms with van der Waals surface area (Å²) in [7, 11) is 0. The second-order valence-corrected chi connectivity index (χ2v) is 8.21. The molecule has 0 atom stereocenters. The molecule has 0 fully saturated rings. The van der Waals surface area contributed by atoms with Crippen molar-refractivity contribution in [3.8, 4) is 22.3 Å². The monoisotopic (exact) mass is 360 g/mol. The summed E-state index contributed by atoms with van der Waals surface area (Å²) in [4.78, 5) is 0. The van der Waals surface area contributed by atoms with E-state index in [-0.39, 0.29) is 5.41 Å². The fraction of sp³-hybridized carbons (Fsp3) is 0.111. The molecule has 0 amide bonds. The molecular weight excluding hydrogens is 340 g/mol. The number of rotatable bonds is 1. The molecule has 6 rings (SSSR count). The van der Waals surface area contributed by atoms with Crippen molar-refractivity contribution < 1.29 is 4.42 Å². The lowest BCUT2D eigenvalue weighted by molar-refractivity contribution is 0.662. The lowest BCUT2D eigenvalue weighted by Crippen LogP contribution is -2.16. The van der Waals surface area contributed by atoms with Gasteiger partial charge < -0.3 is 4.42 Å². The van der Waals surface area contributed by atoms with Crippen LogP contribution in [0.2, 0.25) is 0 Å². The highest BCUT2D eigenvalue weighted by Gasteiger charge is 2.37. The third-order valence-corrected chi connectivity index (χ3v) is 6.27. The van der Waals surface area contributed by atoms with Crippen LogP contribution in [-0.4, -0.2) is 0 Å². The maximum atomic E-state index is 6.03. The molecule has 1 aliphatic rings. The Kier molecular flexibility index (Phi) is 3.01. The van der Waals surface area contributed by atoms with Gasteiger partial charge in [0.2, 0.25) is 0 Å². The standard InChI is InChI=1S/C27H20O/c1-27(2)23-12-5-3-8-19(23)21-11-7-10-18(26(21)27)17-14-15-25-22(16-17)20-9-4-6-13-24(20)28-25/h3-16H,1-2H3. The van der Waals surface area contributed by atoms with E-state index >= 15 is 0 Å². The smallest absolute Gasteiger partial charge is 0.135 e. The van der Waals surface area contributed by atoms with Crippen LogP contribution in [0.25, 0.3) is 44.2 Å². The molecule has 0 aliphatic heterocycles. The van der Waals surface area contributed by atoms with Gasteiger partial charge in [0.25, 0.3) is 0 Å². The molecule has 5 aromatic rings. The summed E-state index contributed by atoms with van der Waals surface area (Å²) in [5, 5.41) is 2.36. The maximum Gasteiger partial charge on any atom is 0.135 e. The first kappa shape index (κ1) is 15.7. The van der Waals surface area contributed by atoms with Crippen LogP contribution in [0.5, 0.6) is 0 Å². The largest absolute Gasteiger partial charge is 0.456 e. The molecule has 1 aliphatic carbocycles. The minimum Gasteiger partial charge on any atom is -0.456 e. The van der Waals surface area contributed by atoms with Crippen LogP contribution in [-0.2, 0) is 5.41 Å². The summed E-state index contributed by atoms with van der Waals surface area (Å²) in [6.45, 7) is 4.68. The SMILES string of the molecule is CC1(C)c2ccccc2-c2cccc(-c3ccc4oc5ccccc5c4c3)c21. The Hall–Kier alpha value is -3.32. The van der Waals surface area contributed by atoms with Crippen molar-refractivity contribution in [1.82, 2.24) is 0 Å². The van der Waals surface area contributed by atoms with Crippen LogP contribution in [0.4, 0.5) is 0 Å². The Morgan fingerprint density at radius 2 is 1.32 bits per heavy atom. The highest BCUT2D eigenvalue weighted by molar-refractivity contribution is 6.06. The van der Waals surface area contributed by atoms with Crippen LogP contribution >= 0.6 is 0 Å². The summed E-state index contributed by atoms with van der Waals surface area (Å²) in [6, 6.07) is 30.4. The first-order chi connectivity index (χ1) is 13.6. The van der Waals surface area contributed by atoms with E-state index in [1.54, 1.807) is 0 Å². The lowest BCUT2D eigenvalue weighted by Gasteiger charge is -2.24. The summed E-state index contributed by atoms with van der Waals surface area (Å²) in [5.74, 6) is 0. The van der Waals surface area contributed by atoms with Gasteiger partial charge in [-0.15, -0.1) is 0 Å². The van der Waals surface area contributed by atoms with Gasteiger partial charge in [0.05, 0.1) is 0 Å². The van der Waals surface area contributed by atoms with E-state index in [1.165, 1.54) is 44.2 Å². The average Bonchev–Trinajstić information content (AvgIpc) is 3.21. The molecule has 134 valence electrons. The molecule has 0 spiro atoms. The molecule has 0 N–H and O–H groups in total. The third kappa shape index (κ3) is 1.96. The van der Waals surface area contributed by atoms with Gasteiger partial charge in [-0.1, -0.05) is 80.6 Å². The van der Waals surface area contributed by atoms with E-state index in [1.807, 2.05) is 12.1 Å². The second kappa shape index (κ2) is 5.36. The average molecular weight is 360 g/mol. The third-order valence-electron chi connectivity index (χ3n) is 6.27. The first-order valence-corrected chi connectivity index (χ1v) is 9.79. The van der Waals surface area contributed by atoms with Crippen molar-refractivity contribution in [3.05, 3.63) is 96.1 Å². The number of furan rings is 1. The Morgan fingerprint density at radius 3 is 2.25 bits per heavy atom. The molecular formula is C27H20O. The van der Waals surface area contributed by atoms with Gasteiger partial charge in [0.1, 0.15) is 11.2 Å². The van der Waals surface area contributed by atoms with E-state index < -0.39 is 0 Å². The molecule has 0 unspecified atom stereocenters. The quantitative estimate of drug-likeness (QED) is 0.300. The van der Waals surface area contributed by atoms with Crippen molar-refractivity contribution >= 4 is 21.9 Å². The van der Waals surface area contributed by atoms with Gasteiger partial charge >= 0.3 is 0 Å². The predicted molar refractivity (Wildman–Crippen MR) is 117 cm³/mol. The summed E-state index contributed by atoms with van der Waals surface area (Å²) >= 11 is 0. The van der Waals surface area contributed by atoms with Crippen LogP contribution < -0.4 is 0 Å². The molecule has 1 aromatic heterocycles. The number of benzene rings is 4. The number of para-hydroxylation sites is 1. The van der Waals surface area contributed by atoms with Crippen molar-refractivity contribution in [2.24, 2.45) is 0 Å². The number of hydrogen-bond donors (Lipinski definition) is 0. The van der Waals surface area contributed by atoms with E-state index in [2.05, 4.69) is 86.6 Å². The highest BCUT2D eigenvalue weighted by Crippen LogP contribution is 2.52. The van der Waals surface area contributed by atoms with Crippen molar-refractivity contribution in [1.29, 1.82) is 0 Å². The molecule has 0 radical (unpaired) electrons. The van der Waals surface area contributed by atoms with Crippen LogP contribution in [0.15, 0.2) is 89.3 Å². The zero-order valence-corrected chi connectivity index (χ0v) is 16.0. The molecule has 28 heavy (non-hydrogen) atoms. The first-order valence-electron chi connectivity index (χ1n) is 9.79. The van der Waals surface area contributed by atoms with E-state index in [9.17, 15) is 0 Å². The van der Waals surface area contributed by atoms with Crippen molar-refractivity contribution in [2.75, 3.05) is 0 Å². The maximum absolute atomic E-state index is 6.03. The van der Waals surface area contributed by atoms with Gasteiger partial charge in [0.15, 0.2) is 0 Å². The van der Waals surface area contributed by atoms with Crippen molar-refractivity contribution in [2.45, 2.75) is 19.3 Å². The number of fused-ring (bicyclic) bond motifs is 6. The van der Waals surface area contributed by atoms with E-state index in [0.29, 0.717) is 0 Å². The Labute approximate surface area is 164 Å². The fourth-order valence-corrected chi connectivity index (χ4v) is 4.98. The summed E-state index contributed by atoms with van der Waals surface area (Å²) < 4.78 is 6.03. The zero-order valence-electron chi connectivity index (χ0n) is 16.0. The minimum absolute atomic E-state index is 0.0179. The molecule has 1 heterocycles. The highest BCUT2D eigenvalue weighted by atomic mass is 16.3. The molecule has 0 bridgehead atoms. The number of hydrogen-bond acceptors (Lipinski definition) is 1. The van der Waals surface area contributed by atoms with Crippen LogP contribution in [0.3, 0.4) is 0 Å². The molecule has 4 aromatic carbocycles. The summed E-state index contributed by atoms with van der Waals surface area (Å²) in [5.41, 5.74) is 9.98.